The van der Waals surface area contributed by atoms with Crippen molar-refractivity contribution in [2.75, 3.05) is 26.2 Å². The van der Waals surface area contributed by atoms with E-state index in [2.05, 4.69) is 63.9 Å². The first-order valence-electron chi connectivity index (χ1n) is 10.7. The number of aromatic nitrogens is 3. The fourth-order valence-corrected chi connectivity index (χ4v) is 4.15. The Morgan fingerprint density at radius 3 is 2.73 bits per heavy atom. The van der Waals surface area contributed by atoms with E-state index in [1.807, 2.05) is 18.2 Å². The number of likely N-dealkylation sites (tertiary alicyclic amines) is 1. The standard InChI is InChI=1S/C24H29N5O/c1-19-7-5-6-10-22(19)21-12-14-28(17-21)16-13-25-24(30)23-18-29(27-26-23)15-11-20-8-3-2-4-9-20/h2-10,18,21H,11-17H2,1H3,(H,25,30). The average Bonchev–Trinajstić information content (AvgIpc) is 3.43. The Morgan fingerprint density at radius 1 is 1.10 bits per heavy atom. The molecule has 6 heteroatoms. The molecule has 1 amide bonds. The number of carbonyl (C=O) groups excluding carboxylic acids is 1. The number of hydrogen-bond acceptors (Lipinski definition) is 4. The minimum atomic E-state index is -0.157. The summed E-state index contributed by atoms with van der Waals surface area (Å²) in [5.41, 5.74) is 4.44. The Labute approximate surface area is 177 Å². The normalized spacial score (nSPS) is 16.6. The van der Waals surface area contributed by atoms with Crippen LogP contribution in [0.2, 0.25) is 0 Å². The van der Waals surface area contributed by atoms with Gasteiger partial charge in [-0.25, -0.2) is 0 Å². The molecule has 2 aromatic carbocycles. The molecule has 0 aliphatic carbocycles. The van der Waals surface area contributed by atoms with Crippen LogP contribution in [-0.4, -0.2) is 52.0 Å². The van der Waals surface area contributed by atoms with Crippen molar-refractivity contribution in [2.24, 2.45) is 0 Å². The van der Waals surface area contributed by atoms with E-state index in [1.165, 1.54) is 23.1 Å². The molecule has 3 aromatic rings. The highest BCUT2D eigenvalue weighted by Gasteiger charge is 2.24. The van der Waals surface area contributed by atoms with Crippen molar-refractivity contribution in [1.82, 2.24) is 25.2 Å². The van der Waals surface area contributed by atoms with E-state index in [0.717, 1.165) is 26.1 Å². The molecular weight excluding hydrogens is 374 g/mol. The average molecular weight is 404 g/mol. The monoisotopic (exact) mass is 403 g/mol. The smallest absolute Gasteiger partial charge is 0.273 e. The van der Waals surface area contributed by atoms with Crippen molar-refractivity contribution in [3.8, 4) is 0 Å². The lowest BCUT2D eigenvalue weighted by molar-refractivity contribution is 0.0944. The molecule has 2 heterocycles. The molecule has 156 valence electrons. The predicted octanol–water partition coefficient (Wildman–Crippen LogP) is 3.05. The van der Waals surface area contributed by atoms with Crippen LogP contribution in [0.5, 0.6) is 0 Å². The van der Waals surface area contributed by atoms with Crippen LogP contribution in [0.15, 0.2) is 60.8 Å². The van der Waals surface area contributed by atoms with E-state index >= 15 is 0 Å². The van der Waals surface area contributed by atoms with Crippen molar-refractivity contribution in [1.29, 1.82) is 0 Å². The van der Waals surface area contributed by atoms with E-state index in [0.29, 0.717) is 24.7 Å². The Balaban J connectivity index is 1.20. The molecule has 1 aliphatic rings. The molecule has 0 spiro atoms. The molecule has 6 nitrogen and oxygen atoms in total. The Kier molecular flexibility index (Phi) is 6.54. The predicted molar refractivity (Wildman–Crippen MR) is 117 cm³/mol. The molecule has 4 rings (SSSR count). The SMILES string of the molecule is Cc1ccccc1C1CCN(CCNC(=O)c2cn(CCc3ccccc3)nn2)C1. The molecule has 1 saturated heterocycles. The zero-order chi connectivity index (χ0) is 20.8. The van der Waals surface area contributed by atoms with Crippen LogP contribution in [0.1, 0.15) is 39.5 Å². The first-order valence-corrected chi connectivity index (χ1v) is 10.7. The number of aryl methyl sites for hydroxylation is 3. The van der Waals surface area contributed by atoms with E-state index in [9.17, 15) is 4.79 Å². The lowest BCUT2D eigenvalue weighted by Gasteiger charge is -2.17. The summed E-state index contributed by atoms with van der Waals surface area (Å²) in [6.45, 7) is 6.50. The van der Waals surface area contributed by atoms with Crippen LogP contribution in [0.25, 0.3) is 0 Å². The van der Waals surface area contributed by atoms with Crippen molar-refractivity contribution >= 4 is 5.91 Å². The minimum Gasteiger partial charge on any atom is -0.349 e. The van der Waals surface area contributed by atoms with Gasteiger partial charge < -0.3 is 10.2 Å². The van der Waals surface area contributed by atoms with Gasteiger partial charge in [-0.15, -0.1) is 5.10 Å². The highest BCUT2D eigenvalue weighted by atomic mass is 16.2. The third kappa shape index (κ3) is 5.13. The Hall–Kier alpha value is -2.99. The van der Waals surface area contributed by atoms with Crippen molar-refractivity contribution in [3.05, 3.63) is 83.2 Å². The summed E-state index contributed by atoms with van der Waals surface area (Å²) >= 11 is 0. The van der Waals surface area contributed by atoms with Gasteiger partial charge in [0.05, 0.1) is 6.20 Å². The third-order valence-electron chi connectivity index (χ3n) is 5.86. The number of benzene rings is 2. The molecule has 1 atom stereocenters. The van der Waals surface area contributed by atoms with Crippen LogP contribution in [0, 0.1) is 6.92 Å². The number of nitrogens with one attached hydrogen (secondary N) is 1. The fraction of sp³-hybridized carbons (Fsp3) is 0.375. The molecule has 0 bridgehead atoms. The molecule has 1 N–H and O–H groups in total. The van der Waals surface area contributed by atoms with Gasteiger partial charge in [0, 0.05) is 26.2 Å². The fourth-order valence-electron chi connectivity index (χ4n) is 4.15. The van der Waals surface area contributed by atoms with Gasteiger partial charge in [0.25, 0.3) is 5.91 Å². The highest BCUT2D eigenvalue weighted by molar-refractivity contribution is 5.91. The molecule has 0 saturated carbocycles. The summed E-state index contributed by atoms with van der Waals surface area (Å²) in [7, 11) is 0. The maximum atomic E-state index is 12.4. The second kappa shape index (κ2) is 9.67. The van der Waals surface area contributed by atoms with Gasteiger partial charge >= 0.3 is 0 Å². The van der Waals surface area contributed by atoms with E-state index < -0.39 is 0 Å². The van der Waals surface area contributed by atoms with Crippen LogP contribution in [0.3, 0.4) is 0 Å². The molecule has 0 radical (unpaired) electrons. The lowest BCUT2D eigenvalue weighted by atomic mass is 9.94. The van der Waals surface area contributed by atoms with E-state index in [1.54, 1.807) is 10.9 Å². The van der Waals surface area contributed by atoms with Gasteiger partial charge in [-0.3, -0.25) is 9.48 Å². The van der Waals surface area contributed by atoms with Crippen molar-refractivity contribution in [3.63, 3.8) is 0 Å². The first kappa shape index (κ1) is 20.3. The van der Waals surface area contributed by atoms with Crippen LogP contribution in [0.4, 0.5) is 0 Å². The summed E-state index contributed by atoms with van der Waals surface area (Å²) < 4.78 is 1.73. The summed E-state index contributed by atoms with van der Waals surface area (Å²) in [6, 6.07) is 18.9. The zero-order valence-corrected chi connectivity index (χ0v) is 17.5. The van der Waals surface area contributed by atoms with Gasteiger partial charge in [-0.2, -0.15) is 0 Å². The number of nitrogens with zero attached hydrogens (tertiary/aromatic N) is 4. The molecule has 1 aromatic heterocycles. The van der Waals surface area contributed by atoms with Gasteiger partial charge in [-0.05, 0) is 48.9 Å². The van der Waals surface area contributed by atoms with Crippen molar-refractivity contribution in [2.45, 2.75) is 32.2 Å². The topological polar surface area (TPSA) is 63.1 Å². The maximum Gasteiger partial charge on any atom is 0.273 e. The van der Waals surface area contributed by atoms with Crippen molar-refractivity contribution < 1.29 is 4.79 Å². The molecule has 1 fully saturated rings. The quantitative estimate of drug-likeness (QED) is 0.628. The Morgan fingerprint density at radius 2 is 1.90 bits per heavy atom. The van der Waals surface area contributed by atoms with E-state index in [-0.39, 0.29) is 5.91 Å². The van der Waals surface area contributed by atoms with Gasteiger partial charge in [0.15, 0.2) is 5.69 Å². The second-order valence-electron chi connectivity index (χ2n) is 8.00. The number of amides is 1. The maximum absolute atomic E-state index is 12.4. The molecular formula is C24H29N5O. The highest BCUT2D eigenvalue weighted by Crippen LogP contribution is 2.28. The van der Waals surface area contributed by atoms with Gasteiger partial charge in [-0.1, -0.05) is 59.8 Å². The lowest BCUT2D eigenvalue weighted by Crippen LogP contribution is -2.34. The molecule has 1 aliphatic heterocycles. The summed E-state index contributed by atoms with van der Waals surface area (Å²) in [6.07, 6.45) is 3.76. The largest absolute Gasteiger partial charge is 0.349 e. The van der Waals surface area contributed by atoms with E-state index in [4.69, 9.17) is 0 Å². The molecule has 1 unspecified atom stereocenters. The second-order valence-corrected chi connectivity index (χ2v) is 8.00. The van der Waals surface area contributed by atoms with Crippen LogP contribution in [-0.2, 0) is 13.0 Å². The summed E-state index contributed by atoms with van der Waals surface area (Å²) in [4.78, 5) is 14.8. The minimum absolute atomic E-state index is 0.157. The van der Waals surface area contributed by atoms with Gasteiger partial charge in [0.2, 0.25) is 0 Å². The van der Waals surface area contributed by atoms with Crippen LogP contribution < -0.4 is 5.32 Å². The third-order valence-corrected chi connectivity index (χ3v) is 5.86. The summed E-state index contributed by atoms with van der Waals surface area (Å²) in [5, 5.41) is 11.1. The van der Waals surface area contributed by atoms with Gasteiger partial charge in [0.1, 0.15) is 0 Å². The molecule has 30 heavy (non-hydrogen) atoms. The number of carbonyl (C=O) groups is 1. The first-order chi connectivity index (χ1) is 14.7. The zero-order valence-electron chi connectivity index (χ0n) is 17.5. The number of hydrogen-bond donors (Lipinski definition) is 1. The van der Waals surface area contributed by atoms with Crippen LogP contribution >= 0.6 is 0 Å². The number of rotatable bonds is 8. The summed E-state index contributed by atoms with van der Waals surface area (Å²) in [5.74, 6) is 0.432. The Bertz CT molecular complexity index is 968.